The lowest BCUT2D eigenvalue weighted by Crippen LogP contribution is -2.25. The summed E-state index contributed by atoms with van der Waals surface area (Å²) in [5.74, 6) is 0. The lowest BCUT2D eigenvalue weighted by Gasteiger charge is -2.12. The first-order valence-corrected chi connectivity index (χ1v) is 6.26. The molecule has 2 heterocycles. The molecule has 90 valence electrons. The summed E-state index contributed by atoms with van der Waals surface area (Å²) in [7, 11) is 1.80. The van der Waals surface area contributed by atoms with Crippen LogP contribution < -0.4 is 5.56 Å². The van der Waals surface area contributed by atoms with E-state index < -0.39 is 0 Å². The molecule has 0 bridgehead atoms. The number of nitrogens with one attached hydrogen (secondary N) is 1. The first-order valence-electron chi connectivity index (χ1n) is 5.85. The predicted molar refractivity (Wildman–Crippen MR) is 67.7 cm³/mol. The largest absolute Gasteiger partial charge is 0.329 e. The summed E-state index contributed by atoms with van der Waals surface area (Å²) >= 11 is 5.28. The van der Waals surface area contributed by atoms with Crippen LogP contribution in [0, 0.1) is 4.77 Å². The van der Waals surface area contributed by atoms with E-state index in [0.717, 1.165) is 18.4 Å². The minimum atomic E-state index is -0.0590. The van der Waals surface area contributed by atoms with Crippen LogP contribution in [0.2, 0.25) is 0 Å². The predicted octanol–water partition coefficient (Wildman–Crippen LogP) is 1.91. The molecule has 17 heavy (non-hydrogen) atoms. The fourth-order valence-corrected chi connectivity index (χ4v) is 2.96. The summed E-state index contributed by atoms with van der Waals surface area (Å²) in [6.45, 7) is 0. The van der Waals surface area contributed by atoms with Crippen LogP contribution in [0.4, 0.5) is 0 Å². The van der Waals surface area contributed by atoms with Gasteiger partial charge in [0.05, 0.1) is 5.52 Å². The number of aromatic nitrogens is 4. The number of rotatable bonds is 1. The third kappa shape index (κ3) is 1.63. The number of H-pyrrole nitrogens is 1. The number of hydrogen-bond acceptors (Lipinski definition) is 3. The molecule has 0 unspecified atom stereocenters. The number of aryl methyl sites for hydroxylation is 1. The zero-order valence-corrected chi connectivity index (χ0v) is 10.5. The van der Waals surface area contributed by atoms with Crippen molar-refractivity contribution in [3.8, 4) is 0 Å². The van der Waals surface area contributed by atoms with Crippen molar-refractivity contribution in [1.82, 2.24) is 19.3 Å². The zero-order valence-electron chi connectivity index (χ0n) is 9.64. The standard InChI is InChI=1S/C11H14N4OS/c1-14-6-8-9(13-14)10(16)15(11(17)12-8)7-4-2-3-5-7/h6-7H,2-5H2,1H3,(H,12,17). The highest BCUT2D eigenvalue weighted by atomic mass is 32.1. The van der Waals surface area contributed by atoms with Crippen LogP contribution in [0.1, 0.15) is 31.7 Å². The Morgan fingerprint density at radius 3 is 2.88 bits per heavy atom. The van der Waals surface area contributed by atoms with Gasteiger partial charge in [-0.2, -0.15) is 5.10 Å². The Morgan fingerprint density at radius 2 is 2.18 bits per heavy atom. The van der Waals surface area contributed by atoms with Gasteiger partial charge < -0.3 is 4.98 Å². The van der Waals surface area contributed by atoms with Crippen LogP contribution in [0.25, 0.3) is 11.0 Å². The lowest BCUT2D eigenvalue weighted by molar-refractivity contribution is 0.492. The van der Waals surface area contributed by atoms with Crippen molar-refractivity contribution in [3.63, 3.8) is 0 Å². The minimum Gasteiger partial charge on any atom is -0.329 e. The van der Waals surface area contributed by atoms with E-state index in [-0.39, 0.29) is 11.6 Å². The molecule has 0 saturated heterocycles. The average molecular weight is 250 g/mol. The molecular weight excluding hydrogens is 236 g/mol. The van der Waals surface area contributed by atoms with Gasteiger partial charge in [0.15, 0.2) is 10.3 Å². The molecule has 1 aliphatic rings. The molecule has 2 aromatic heterocycles. The molecule has 2 aromatic rings. The second-order valence-electron chi connectivity index (χ2n) is 4.61. The topological polar surface area (TPSA) is 55.6 Å². The third-order valence-corrected chi connectivity index (χ3v) is 3.70. The van der Waals surface area contributed by atoms with Crippen molar-refractivity contribution in [1.29, 1.82) is 0 Å². The van der Waals surface area contributed by atoms with E-state index in [4.69, 9.17) is 12.2 Å². The van der Waals surface area contributed by atoms with Crippen molar-refractivity contribution in [2.45, 2.75) is 31.7 Å². The Bertz CT molecular complexity index is 675. The van der Waals surface area contributed by atoms with Gasteiger partial charge in [-0.05, 0) is 25.1 Å². The van der Waals surface area contributed by atoms with Crippen LogP contribution in [0.5, 0.6) is 0 Å². The summed E-state index contributed by atoms with van der Waals surface area (Å²) in [6.07, 6.45) is 6.20. The van der Waals surface area contributed by atoms with Crippen LogP contribution >= 0.6 is 12.2 Å². The van der Waals surface area contributed by atoms with E-state index in [1.54, 1.807) is 22.5 Å². The summed E-state index contributed by atoms with van der Waals surface area (Å²) in [5, 5.41) is 4.19. The molecule has 1 N–H and O–H groups in total. The Kier molecular flexibility index (Phi) is 2.39. The molecular formula is C11H14N4OS. The maximum absolute atomic E-state index is 12.4. The van der Waals surface area contributed by atoms with Crippen molar-refractivity contribution >= 4 is 23.3 Å². The van der Waals surface area contributed by atoms with Crippen LogP contribution in [-0.2, 0) is 7.05 Å². The van der Waals surface area contributed by atoms with Gasteiger partial charge in [-0.25, -0.2) is 0 Å². The smallest absolute Gasteiger partial charge is 0.282 e. The highest BCUT2D eigenvalue weighted by molar-refractivity contribution is 7.71. The second-order valence-corrected chi connectivity index (χ2v) is 5.00. The Balaban J connectivity index is 2.30. The molecule has 1 fully saturated rings. The van der Waals surface area contributed by atoms with Gasteiger partial charge in [0, 0.05) is 19.3 Å². The lowest BCUT2D eigenvalue weighted by atomic mass is 10.2. The molecule has 0 atom stereocenters. The maximum Gasteiger partial charge on any atom is 0.282 e. The van der Waals surface area contributed by atoms with Gasteiger partial charge in [0.1, 0.15) is 0 Å². The van der Waals surface area contributed by atoms with E-state index in [0.29, 0.717) is 10.3 Å². The molecule has 6 heteroatoms. The van der Waals surface area contributed by atoms with Gasteiger partial charge in [0.25, 0.3) is 5.56 Å². The van der Waals surface area contributed by atoms with Gasteiger partial charge in [-0.3, -0.25) is 14.0 Å². The third-order valence-electron chi connectivity index (χ3n) is 3.40. The van der Waals surface area contributed by atoms with Crippen LogP contribution in [-0.4, -0.2) is 19.3 Å². The molecule has 0 spiro atoms. The quantitative estimate of drug-likeness (QED) is 0.787. The normalized spacial score (nSPS) is 17.0. The van der Waals surface area contributed by atoms with Gasteiger partial charge in [0.2, 0.25) is 0 Å². The zero-order chi connectivity index (χ0) is 12.0. The van der Waals surface area contributed by atoms with Crippen LogP contribution in [0.15, 0.2) is 11.0 Å². The van der Waals surface area contributed by atoms with Gasteiger partial charge in [-0.1, -0.05) is 12.8 Å². The molecule has 0 radical (unpaired) electrons. The van der Waals surface area contributed by atoms with Gasteiger partial charge in [-0.15, -0.1) is 0 Å². The molecule has 0 amide bonds. The molecule has 0 aliphatic heterocycles. The Hall–Kier alpha value is -1.43. The molecule has 5 nitrogen and oxygen atoms in total. The van der Waals surface area contributed by atoms with E-state index in [1.165, 1.54) is 12.8 Å². The summed E-state index contributed by atoms with van der Waals surface area (Å²) in [6, 6.07) is 0.248. The number of hydrogen-bond donors (Lipinski definition) is 1. The Morgan fingerprint density at radius 1 is 1.47 bits per heavy atom. The number of nitrogens with zero attached hydrogens (tertiary/aromatic N) is 3. The number of fused-ring (bicyclic) bond motifs is 1. The SMILES string of the molecule is Cn1cc2[nH]c(=S)n(C3CCCC3)c(=O)c2n1. The fourth-order valence-electron chi connectivity index (χ4n) is 2.61. The Labute approximate surface area is 103 Å². The minimum absolute atomic E-state index is 0.0590. The monoisotopic (exact) mass is 250 g/mol. The fraction of sp³-hybridized carbons (Fsp3) is 0.545. The summed E-state index contributed by atoms with van der Waals surface area (Å²) in [4.78, 5) is 15.4. The molecule has 1 saturated carbocycles. The first-order chi connectivity index (χ1) is 8.16. The summed E-state index contributed by atoms with van der Waals surface area (Å²) in [5.41, 5.74) is 1.14. The van der Waals surface area contributed by atoms with E-state index in [1.807, 2.05) is 0 Å². The van der Waals surface area contributed by atoms with Crippen molar-refractivity contribution in [3.05, 3.63) is 21.3 Å². The van der Waals surface area contributed by atoms with Crippen molar-refractivity contribution in [2.24, 2.45) is 7.05 Å². The second kappa shape index (κ2) is 3.80. The molecule has 0 aromatic carbocycles. The highest BCUT2D eigenvalue weighted by Gasteiger charge is 2.20. The molecule has 1 aliphatic carbocycles. The number of aromatic amines is 1. The summed E-state index contributed by atoms with van der Waals surface area (Å²) < 4.78 is 3.86. The van der Waals surface area contributed by atoms with Crippen molar-refractivity contribution in [2.75, 3.05) is 0 Å². The van der Waals surface area contributed by atoms with Crippen molar-refractivity contribution < 1.29 is 0 Å². The van der Waals surface area contributed by atoms with E-state index in [9.17, 15) is 4.79 Å². The average Bonchev–Trinajstić information content (AvgIpc) is 2.87. The van der Waals surface area contributed by atoms with Gasteiger partial charge >= 0.3 is 0 Å². The van der Waals surface area contributed by atoms with Crippen LogP contribution in [0.3, 0.4) is 0 Å². The first kappa shape index (κ1) is 10.7. The highest BCUT2D eigenvalue weighted by Crippen LogP contribution is 2.28. The maximum atomic E-state index is 12.4. The van der Waals surface area contributed by atoms with E-state index in [2.05, 4.69) is 10.1 Å². The molecule has 3 rings (SSSR count). The van der Waals surface area contributed by atoms with E-state index >= 15 is 0 Å².